The van der Waals surface area contributed by atoms with Crippen molar-refractivity contribution in [2.75, 3.05) is 11.9 Å². The summed E-state index contributed by atoms with van der Waals surface area (Å²) in [6.45, 7) is 6.40. The molecule has 3 N–H and O–H groups in total. The Morgan fingerprint density at radius 3 is 2.36 bits per heavy atom. The molecule has 2 aromatic carbocycles. The molecule has 2 rings (SSSR count). The molecule has 2 aromatic rings. The fraction of sp³-hybridized carbons (Fsp3) is 0.300. The zero-order chi connectivity index (χ0) is 18.2. The van der Waals surface area contributed by atoms with Gasteiger partial charge in [0.1, 0.15) is 0 Å². The molecule has 0 aliphatic carbocycles. The normalized spacial score (nSPS) is 11.7. The average Bonchev–Trinajstić information content (AvgIpc) is 2.59. The molecular weight excluding hydrogens is 314 g/mol. The van der Waals surface area contributed by atoms with Crippen molar-refractivity contribution in [3.63, 3.8) is 0 Å². The number of carbonyl (C=O) groups is 2. The second kappa shape index (κ2) is 8.87. The number of urea groups is 1. The van der Waals surface area contributed by atoms with Crippen LogP contribution in [0.5, 0.6) is 0 Å². The van der Waals surface area contributed by atoms with E-state index in [0.717, 1.165) is 0 Å². The van der Waals surface area contributed by atoms with Crippen molar-refractivity contribution in [2.45, 2.75) is 32.7 Å². The highest BCUT2D eigenvalue weighted by atomic mass is 16.2. The van der Waals surface area contributed by atoms with Crippen LogP contribution in [0.25, 0.3) is 0 Å². The van der Waals surface area contributed by atoms with Gasteiger partial charge in [0.05, 0.1) is 0 Å². The minimum Gasteiger partial charge on any atom is -0.351 e. The Hall–Kier alpha value is -2.82. The number of amides is 3. The monoisotopic (exact) mass is 339 g/mol. The van der Waals surface area contributed by atoms with Gasteiger partial charge in [-0.05, 0) is 43.5 Å². The Labute approximate surface area is 148 Å². The van der Waals surface area contributed by atoms with Gasteiger partial charge in [-0.25, -0.2) is 4.79 Å². The van der Waals surface area contributed by atoms with Crippen LogP contribution < -0.4 is 16.0 Å². The van der Waals surface area contributed by atoms with Gasteiger partial charge in [0.15, 0.2) is 0 Å². The molecule has 0 fully saturated rings. The van der Waals surface area contributed by atoms with Gasteiger partial charge in [0.25, 0.3) is 5.91 Å². The van der Waals surface area contributed by atoms with E-state index in [2.05, 4.69) is 35.0 Å². The third-order valence-electron chi connectivity index (χ3n) is 3.74. The lowest BCUT2D eigenvalue weighted by Gasteiger charge is -2.14. The van der Waals surface area contributed by atoms with Gasteiger partial charge >= 0.3 is 6.03 Å². The van der Waals surface area contributed by atoms with E-state index in [1.807, 2.05) is 32.0 Å². The van der Waals surface area contributed by atoms with Crippen LogP contribution in [0.1, 0.15) is 42.6 Å². The fourth-order valence-electron chi connectivity index (χ4n) is 2.41. The number of rotatable bonds is 6. The molecule has 0 saturated heterocycles. The first-order valence-electron chi connectivity index (χ1n) is 8.46. The van der Waals surface area contributed by atoms with Crippen molar-refractivity contribution >= 4 is 17.6 Å². The van der Waals surface area contributed by atoms with Crippen LogP contribution >= 0.6 is 0 Å². The van der Waals surface area contributed by atoms with Crippen LogP contribution in [0.2, 0.25) is 0 Å². The highest BCUT2D eigenvalue weighted by molar-refractivity contribution is 5.96. The van der Waals surface area contributed by atoms with E-state index < -0.39 is 0 Å². The van der Waals surface area contributed by atoms with Crippen molar-refractivity contribution in [3.05, 3.63) is 65.7 Å². The largest absolute Gasteiger partial charge is 0.351 e. The van der Waals surface area contributed by atoms with Gasteiger partial charge in [0.2, 0.25) is 0 Å². The number of carbonyl (C=O) groups excluding carboxylic acids is 2. The lowest BCUT2D eigenvalue weighted by molar-refractivity contribution is 0.0951. The topological polar surface area (TPSA) is 70.2 Å². The molecule has 0 heterocycles. The Bertz CT molecular complexity index is 714. The van der Waals surface area contributed by atoms with Gasteiger partial charge in [-0.1, -0.05) is 43.3 Å². The van der Waals surface area contributed by atoms with Crippen LogP contribution in [-0.2, 0) is 0 Å². The predicted molar refractivity (Wildman–Crippen MR) is 101 cm³/mol. The van der Waals surface area contributed by atoms with E-state index in [1.54, 1.807) is 24.3 Å². The summed E-state index contributed by atoms with van der Waals surface area (Å²) in [5.74, 6) is 0.0685. The van der Waals surface area contributed by atoms with Crippen molar-refractivity contribution < 1.29 is 9.59 Å². The zero-order valence-electron chi connectivity index (χ0n) is 14.9. The Balaban J connectivity index is 1.93. The molecule has 132 valence electrons. The van der Waals surface area contributed by atoms with Crippen LogP contribution in [-0.4, -0.2) is 24.5 Å². The van der Waals surface area contributed by atoms with Crippen LogP contribution in [0.15, 0.2) is 54.6 Å². The minimum atomic E-state index is -0.287. The van der Waals surface area contributed by atoms with Crippen molar-refractivity contribution in [2.24, 2.45) is 0 Å². The highest BCUT2D eigenvalue weighted by Crippen LogP contribution is 2.14. The maximum absolute atomic E-state index is 12.4. The molecule has 5 heteroatoms. The second-order valence-electron chi connectivity index (χ2n) is 6.36. The molecule has 0 spiro atoms. The Kier molecular flexibility index (Phi) is 6.57. The number of hydrogen-bond donors (Lipinski definition) is 3. The van der Waals surface area contributed by atoms with Gasteiger partial charge in [-0.15, -0.1) is 0 Å². The van der Waals surface area contributed by atoms with Gasteiger partial charge in [-0.3, -0.25) is 4.79 Å². The summed E-state index contributed by atoms with van der Waals surface area (Å²) in [7, 11) is 0. The maximum Gasteiger partial charge on any atom is 0.319 e. The lowest BCUT2D eigenvalue weighted by atomic mass is 10.0. The molecule has 1 unspecified atom stereocenters. The SMILES string of the molecule is CC(C)NC(=O)Nc1cccc(C(=O)NCC(C)c2ccccc2)c1. The fourth-order valence-corrected chi connectivity index (χ4v) is 2.41. The van der Waals surface area contributed by atoms with Crippen molar-refractivity contribution in [1.29, 1.82) is 0 Å². The summed E-state index contributed by atoms with van der Waals surface area (Å²) in [6, 6.07) is 16.7. The van der Waals surface area contributed by atoms with Gasteiger partial charge in [-0.2, -0.15) is 0 Å². The smallest absolute Gasteiger partial charge is 0.319 e. The number of hydrogen-bond acceptors (Lipinski definition) is 2. The van der Waals surface area contributed by atoms with E-state index in [-0.39, 0.29) is 23.9 Å². The van der Waals surface area contributed by atoms with E-state index in [4.69, 9.17) is 0 Å². The van der Waals surface area contributed by atoms with Crippen LogP contribution in [0, 0.1) is 0 Å². The zero-order valence-corrected chi connectivity index (χ0v) is 14.9. The quantitative estimate of drug-likeness (QED) is 0.750. The molecule has 0 bridgehead atoms. The molecule has 5 nitrogen and oxygen atoms in total. The molecule has 3 amide bonds. The molecule has 0 aliphatic rings. The lowest BCUT2D eigenvalue weighted by Crippen LogP contribution is -2.34. The minimum absolute atomic E-state index is 0.0472. The van der Waals surface area contributed by atoms with E-state index in [9.17, 15) is 9.59 Å². The summed E-state index contributed by atoms with van der Waals surface area (Å²) in [4.78, 5) is 24.1. The van der Waals surface area contributed by atoms with Crippen molar-refractivity contribution in [3.8, 4) is 0 Å². The summed E-state index contributed by atoms with van der Waals surface area (Å²) < 4.78 is 0. The second-order valence-corrected chi connectivity index (χ2v) is 6.36. The third kappa shape index (κ3) is 5.95. The first-order chi connectivity index (χ1) is 12.0. The third-order valence-corrected chi connectivity index (χ3v) is 3.74. The molecule has 0 radical (unpaired) electrons. The summed E-state index contributed by atoms with van der Waals surface area (Å²) in [5, 5.41) is 8.42. The maximum atomic E-state index is 12.4. The van der Waals surface area contributed by atoms with E-state index >= 15 is 0 Å². The Morgan fingerprint density at radius 1 is 0.960 bits per heavy atom. The first kappa shape index (κ1) is 18.5. The summed E-state index contributed by atoms with van der Waals surface area (Å²) in [6.07, 6.45) is 0. The molecule has 0 aromatic heterocycles. The van der Waals surface area contributed by atoms with Crippen molar-refractivity contribution in [1.82, 2.24) is 10.6 Å². The summed E-state index contributed by atoms with van der Waals surface area (Å²) in [5.41, 5.74) is 2.29. The number of anilines is 1. The van der Waals surface area contributed by atoms with Gasteiger partial charge in [0, 0.05) is 23.8 Å². The molecular formula is C20H25N3O2. The van der Waals surface area contributed by atoms with Crippen LogP contribution in [0.3, 0.4) is 0 Å². The molecule has 25 heavy (non-hydrogen) atoms. The van der Waals surface area contributed by atoms with Crippen LogP contribution in [0.4, 0.5) is 10.5 Å². The predicted octanol–water partition coefficient (Wildman–Crippen LogP) is 3.75. The summed E-state index contributed by atoms with van der Waals surface area (Å²) >= 11 is 0. The number of benzene rings is 2. The number of nitrogens with one attached hydrogen (secondary N) is 3. The molecule has 1 atom stereocenters. The Morgan fingerprint density at radius 2 is 1.68 bits per heavy atom. The first-order valence-corrected chi connectivity index (χ1v) is 8.46. The average molecular weight is 339 g/mol. The van der Waals surface area contributed by atoms with Gasteiger partial charge < -0.3 is 16.0 Å². The standard InChI is InChI=1S/C20H25N3O2/c1-14(2)22-20(25)23-18-11-7-10-17(12-18)19(24)21-13-15(3)16-8-5-4-6-9-16/h4-12,14-15H,13H2,1-3H3,(H,21,24)(H2,22,23,25). The molecule has 0 aliphatic heterocycles. The molecule has 0 saturated carbocycles. The van der Waals surface area contributed by atoms with E-state index in [0.29, 0.717) is 17.8 Å². The van der Waals surface area contributed by atoms with E-state index in [1.165, 1.54) is 5.56 Å². The highest BCUT2D eigenvalue weighted by Gasteiger charge is 2.11.